The van der Waals surface area contributed by atoms with Gasteiger partial charge in [0.15, 0.2) is 0 Å². The minimum Gasteiger partial charge on any atom is -0.487 e. The Balaban J connectivity index is 2.21. The van der Waals surface area contributed by atoms with Crippen molar-refractivity contribution < 1.29 is 4.74 Å². The molecule has 0 spiro atoms. The molecule has 1 aromatic carbocycles. The molecule has 82 valence electrons. The minimum atomic E-state index is 0.0181. The Hall–Kier alpha value is -0.980. The molecule has 0 fully saturated rings. The maximum Gasteiger partial charge on any atom is 0.123 e. The summed E-state index contributed by atoms with van der Waals surface area (Å²) in [4.78, 5) is 0. The van der Waals surface area contributed by atoms with E-state index in [9.17, 15) is 0 Å². The van der Waals surface area contributed by atoms with Crippen molar-refractivity contribution in [2.24, 2.45) is 5.92 Å². The molecule has 0 aliphatic carbocycles. The second-order valence-corrected chi connectivity index (χ2v) is 5.44. The number of rotatable bonds is 2. The van der Waals surface area contributed by atoms with E-state index in [0.29, 0.717) is 5.92 Å². The van der Waals surface area contributed by atoms with E-state index in [4.69, 9.17) is 4.74 Å². The van der Waals surface area contributed by atoms with Gasteiger partial charge in [0, 0.05) is 6.42 Å². The first kappa shape index (κ1) is 10.5. The zero-order valence-corrected chi connectivity index (χ0v) is 10.1. The van der Waals surface area contributed by atoms with Gasteiger partial charge in [-0.15, -0.1) is 0 Å². The molecule has 0 N–H and O–H groups in total. The third-order valence-corrected chi connectivity index (χ3v) is 2.98. The fourth-order valence-electron chi connectivity index (χ4n) is 2.58. The first-order valence-electron chi connectivity index (χ1n) is 5.77. The van der Waals surface area contributed by atoms with Crippen molar-refractivity contribution >= 4 is 0 Å². The molecule has 1 atom stereocenters. The number of aryl methyl sites for hydroxylation is 1. The lowest BCUT2D eigenvalue weighted by Gasteiger charge is -2.25. The van der Waals surface area contributed by atoms with E-state index in [2.05, 4.69) is 45.9 Å². The summed E-state index contributed by atoms with van der Waals surface area (Å²) in [5, 5.41) is 0. The van der Waals surface area contributed by atoms with Gasteiger partial charge in [0.05, 0.1) is 0 Å². The minimum absolute atomic E-state index is 0.0181. The van der Waals surface area contributed by atoms with Gasteiger partial charge in [-0.25, -0.2) is 0 Å². The maximum absolute atomic E-state index is 6.09. The lowest BCUT2D eigenvalue weighted by molar-refractivity contribution is 0.0906. The number of hydrogen-bond acceptors (Lipinski definition) is 1. The van der Waals surface area contributed by atoms with Crippen LogP contribution in [0.3, 0.4) is 0 Å². The van der Waals surface area contributed by atoms with E-state index in [1.54, 1.807) is 0 Å². The predicted octanol–water partition coefficient (Wildman–Crippen LogP) is 3.73. The lowest BCUT2D eigenvalue weighted by Crippen LogP contribution is -2.31. The number of fused-ring (bicyclic) bond motifs is 1. The molecule has 1 heterocycles. The van der Waals surface area contributed by atoms with Crippen molar-refractivity contribution in [3.63, 3.8) is 0 Å². The highest BCUT2D eigenvalue weighted by Gasteiger charge is 2.35. The molecule has 0 amide bonds. The van der Waals surface area contributed by atoms with Crippen LogP contribution in [-0.4, -0.2) is 5.60 Å². The molecule has 1 aliphatic heterocycles. The van der Waals surface area contributed by atoms with Crippen molar-refractivity contribution in [2.45, 2.75) is 46.1 Å². The Morgan fingerprint density at radius 3 is 2.80 bits per heavy atom. The Kier molecular flexibility index (Phi) is 2.49. The van der Waals surface area contributed by atoms with Crippen molar-refractivity contribution in [1.29, 1.82) is 0 Å². The summed E-state index contributed by atoms with van der Waals surface area (Å²) in [6.45, 7) is 8.84. The molecule has 0 radical (unpaired) electrons. The normalized spacial score (nSPS) is 24.1. The highest BCUT2D eigenvalue weighted by Crippen LogP contribution is 2.38. The molecular weight excluding hydrogens is 184 g/mol. The van der Waals surface area contributed by atoms with Gasteiger partial charge < -0.3 is 4.74 Å². The largest absolute Gasteiger partial charge is 0.487 e. The van der Waals surface area contributed by atoms with Gasteiger partial charge in [-0.1, -0.05) is 26.0 Å². The highest BCUT2D eigenvalue weighted by atomic mass is 16.5. The van der Waals surface area contributed by atoms with Crippen molar-refractivity contribution in [3.8, 4) is 5.75 Å². The zero-order chi connectivity index (χ0) is 11.1. The Morgan fingerprint density at radius 2 is 2.13 bits per heavy atom. The van der Waals surface area contributed by atoms with Crippen LogP contribution in [0.2, 0.25) is 0 Å². The molecular formula is C14H20O. The molecule has 0 aromatic heterocycles. The van der Waals surface area contributed by atoms with Crippen molar-refractivity contribution in [1.82, 2.24) is 0 Å². The SMILES string of the molecule is Cc1ccc2c(c1)OC(C)(CC(C)C)C2. The second kappa shape index (κ2) is 3.55. The van der Waals surface area contributed by atoms with E-state index < -0.39 is 0 Å². The quantitative estimate of drug-likeness (QED) is 0.713. The third-order valence-electron chi connectivity index (χ3n) is 2.98. The molecule has 1 heteroatoms. The molecule has 0 bridgehead atoms. The van der Waals surface area contributed by atoms with Crippen LogP contribution in [0.25, 0.3) is 0 Å². The van der Waals surface area contributed by atoms with Gasteiger partial charge in [-0.2, -0.15) is 0 Å². The number of ether oxygens (including phenoxy) is 1. The maximum atomic E-state index is 6.09. The Labute approximate surface area is 92.5 Å². The average molecular weight is 204 g/mol. The van der Waals surface area contributed by atoms with Gasteiger partial charge >= 0.3 is 0 Å². The summed E-state index contributed by atoms with van der Waals surface area (Å²) in [7, 11) is 0. The van der Waals surface area contributed by atoms with Crippen LogP contribution in [0.1, 0.15) is 38.3 Å². The molecule has 0 saturated heterocycles. The summed E-state index contributed by atoms with van der Waals surface area (Å²) in [5.74, 6) is 1.78. The Bertz CT molecular complexity index is 368. The van der Waals surface area contributed by atoms with Gasteiger partial charge in [-0.05, 0) is 43.4 Å². The van der Waals surface area contributed by atoms with E-state index in [1.807, 2.05) is 0 Å². The summed E-state index contributed by atoms with van der Waals surface area (Å²) in [6.07, 6.45) is 2.18. The summed E-state index contributed by atoms with van der Waals surface area (Å²) < 4.78 is 6.09. The van der Waals surface area contributed by atoms with E-state index in [1.165, 1.54) is 11.1 Å². The van der Waals surface area contributed by atoms with Gasteiger partial charge in [0.25, 0.3) is 0 Å². The second-order valence-electron chi connectivity index (χ2n) is 5.44. The Morgan fingerprint density at radius 1 is 1.40 bits per heavy atom. The van der Waals surface area contributed by atoms with Crippen LogP contribution in [0.5, 0.6) is 5.75 Å². The van der Waals surface area contributed by atoms with Crippen LogP contribution in [0, 0.1) is 12.8 Å². The molecule has 0 saturated carbocycles. The summed E-state index contributed by atoms with van der Waals surface area (Å²) >= 11 is 0. The number of benzene rings is 1. The summed E-state index contributed by atoms with van der Waals surface area (Å²) in [6, 6.07) is 6.53. The summed E-state index contributed by atoms with van der Waals surface area (Å²) in [5.41, 5.74) is 2.66. The van der Waals surface area contributed by atoms with Crippen LogP contribution < -0.4 is 4.74 Å². The van der Waals surface area contributed by atoms with Gasteiger partial charge in [-0.3, -0.25) is 0 Å². The van der Waals surface area contributed by atoms with Crippen LogP contribution in [-0.2, 0) is 6.42 Å². The molecule has 1 nitrogen and oxygen atoms in total. The van der Waals surface area contributed by atoms with E-state index >= 15 is 0 Å². The standard InChI is InChI=1S/C14H20O/c1-10(2)8-14(4)9-12-6-5-11(3)7-13(12)15-14/h5-7,10H,8-9H2,1-4H3. The predicted molar refractivity (Wildman–Crippen MR) is 63.4 cm³/mol. The van der Waals surface area contributed by atoms with Crippen molar-refractivity contribution in [3.05, 3.63) is 29.3 Å². The van der Waals surface area contributed by atoms with E-state index in [-0.39, 0.29) is 5.60 Å². The lowest BCUT2D eigenvalue weighted by atomic mass is 9.90. The van der Waals surface area contributed by atoms with Gasteiger partial charge in [0.2, 0.25) is 0 Å². The topological polar surface area (TPSA) is 9.23 Å². The highest BCUT2D eigenvalue weighted by molar-refractivity contribution is 5.41. The van der Waals surface area contributed by atoms with Crippen LogP contribution in [0.15, 0.2) is 18.2 Å². The van der Waals surface area contributed by atoms with Crippen molar-refractivity contribution in [2.75, 3.05) is 0 Å². The fraction of sp³-hybridized carbons (Fsp3) is 0.571. The van der Waals surface area contributed by atoms with Crippen LogP contribution in [0.4, 0.5) is 0 Å². The van der Waals surface area contributed by atoms with E-state index in [0.717, 1.165) is 18.6 Å². The molecule has 1 unspecified atom stereocenters. The first-order chi connectivity index (χ1) is 6.98. The fourth-order valence-corrected chi connectivity index (χ4v) is 2.58. The molecule has 1 aliphatic rings. The monoisotopic (exact) mass is 204 g/mol. The zero-order valence-electron chi connectivity index (χ0n) is 10.1. The molecule has 15 heavy (non-hydrogen) atoms. The molecule has 2 rings (SSSR count). The average Bonchev–Trinajstić information content (AvgIpc) is 2.38. The smallest absolute Gasteiger partial charge is 0.123 e. The number of hydrogen-bond donors (Lipinski definition) is 0. The first-order valence-corrected chi connectivity index (χ1v) is 5.77. The molecule has 1 aromatic rings. The van der Waals surface area contributed by atoms with Crippen LogP contribution >= 0.6 is 0 Å². The third kappa shape index (κ3) is 2.17. The van der Waals surface area contributed by atoms with Gasteiger partial charge in [0.1, 0.15) is 11.4 Å².